The quantitative estimate of drug-likeness (QED) is 0.200. The zero-order valence-electron chi connectivity index (χ0n) is 22.8. The molecular weight excluding hydrogens is 584 g/mol. The molecule has 44 heavy (non-hydrogen) atoms. The number of nitrogens with zero attached hydrogens (tertiary/aromatic N) is 2. The third-order valence-electron chi connectivity index (χ3n) is 7.17. The summed E-state index contributed by atoms with van der Waals surface area (Å²) >= 11 is 1.06. The maximum atomic E-state index is 13.2. The summed E-state index contributed by atoms with van der Waals surface area (Å²) in [6.45, 7) is 0.101. The number of aliphatic hydroxyl groups is 1. The van der Waals surface area contributed by atoms with Crippen LogP contribution in [0.4, 0.5) is 0 Å². The van der Waals surface area contributed by atoms with Gasteiger partial charge in [-0.3, -0.25) is 14.4 Å². The minimum Gasteiger partial charge on any atom is -0.454 e. The van der Waals surface area contributed by atoms with Crippen LogP contribution in [-0.4, -0.2) is 45.5 Å². The lowest BCUT2D eigenvalue weighted by atomic mass is 9.87. The molecule has 0 amide bonds. The molecule has 1 aromatic heterocycles. The van der Waals surface area contributed by atoms with Crippen LogP contribution in [-0.2, 0) is 21.7 Å². The molecule has 4 aromatic carbocycles. The van der Waals surface area contributed by atoms with E-state index in [2.05, 4.69) is 8.75 Å². The van der Waals surface area contributed by atoms with Crippen LogP contribution in [0, 0.1) is 0 Å². The van der Waals surface area contributed by atoms with Crippen molar-refractivity contribution in [3.63, 3.8) is 0 Å². The van der Waals surface area contributed by atoms with Crippen molar-refractivity contribution in [3.8, 4) is 11.5 Å². The number of fused-ring (bicyclic) bond motifs is 2. The number of cyclic esters (lactones) is 1. The molecule has 0 fully saturated rings. The second kappa shape index (κ2) is 12.0. The molecule has 5 aromatic rings. The van der Waals surface area contributed by atoms with Crippen LogP contribution in [0.2, 0.25) is 0 Å². The van der Waals surface area contributed by atoms with Gasteiger partial charge in [0.2, 0.25) is 6.79 Å². The molecular formula is C33H22N2O8S. The van der Waals surface area contributed by atoms with E-state index in [0.29, 0.717) is 55.9 Å². The Morgan fingerprint density at radius 1 is 0.750 bits per heavy atom. The molecule has 1 atom stereocenters. The summed E-state index contributed by atoms with van der Waals surface area (Å²) in [5.41, 5.74) is 5.32. The number of aromatic nitrogens is 2. The van der Waals surface area contributed by atoms with E-state index in [1.54, 1.807) is 84.9 Å². The summed E-state index contributed by atoms with van der Waals surface area (Å²) in [6, 6.07) is 23.6. The van der Waals surface area contributed by atoms with Crippen molar-refractivity contribution in [3.05, 3.63) is 124 Å². The molecule has 1 N–H and O–H groups in total. The highest BCUT2D eigenvalue weighted by atomic mass is 32.1. The normalized spacial score (nSPS) is 16.7. The molecule has 2 aliphatic rings. The predicted molar refractivity (Wildman–Crippen MR) is 160 cm³/mol. The van der Waals surface area contributed by atoms with Gasteiger partial charge in [0.05, 0.1) is 17.3 Å². The average molecular weight is 607 g/mol. The third kappa shape index (κ3) is 5.49. The summed E-state index contributed by atoms with van der Waals surface area (Å²) in [7, 11) is 0. The molecule has 10 nitrogen and oxygen atoms in total. The van der Waals surface area contributed by atoms with E-state index in [1.165, 1.54) is 0 Å². The van der Waals surface area contributed by atoms with Gasteiger partial charge in [-0.25, -0.2) is 4.79 Å². The number of ether oxygens (including phenoxy) is 3. The number of hydrogen-bond acceptors (Lipinski definition) is 11. The lowest BCUT2D eigenvalue weighted by Crippen LogP contribution is -2.29. The molecule has 0 aliphatic carbocycles. The SMILES string of the molecule is O=Cc1ccc(C=O)cc1.O=Cc1ccc(CC2=C(c3ccc4c(c3)OCO4)C(=O)OC2(O)c2ccc3nsnc3c2)cc1. The molecule has 2 aliphatic heterocycles. The Kier molecular flexibility index (Phi) is 7.80. The fourth-order valence-corrected chi connectivity index (χ4v) is 5.41. The molecule has 0 spiro atoms. The molecule has 1 unspecified atom stereocenters. The minimum absolute atomic E-state index is 0.101. The first-order valence-corrected chi connectivity index (χ1v) is 14.0. The highest BCUT2D eigenvalue weighted by molar-refractivity contribution is 7.00. The van der Waals surface area contributed by atoms with Crippen molar-refractivity contribution >= 4 is 53.2 Å². The number of esters is 1. The average Bonchev–Trinajstić information content (AvgIpc) is 3.79. The van der Waals surface area contributed by atoms with Crippen LogP contribution in [0.1, 0.15) is 47.8 Å². The Morgan fingerprint density at radius 3 is 2.02 bits per heavy atom. The van der Waals surface area contributed by atoms with E-state index in [4.69, 9.17) is 14.2 Å². The van der Waals surface area contributed by atoms with Gasteiger partial charge in [0.15, 0.2) is 11.5 Å². The number of hydrogen-bond donors (Lipinski definition) is 1. The van der Waals surface area contributed by atoms with E-state index in [-0.39, 0.29) is 18.8 Å². The zero-order chi connectivity index (χ0) is 30.7. The highest BCUT2D eigenvalue weighted by Crippen LogP contribution is 2.46. The van der Waals surface area contributed by atoms with Crippen molar-refractivity contribution in [1.82, 2.24) is 8.75 Å². The second-order valence-electron chi connectivity index (χ2n) is 9.86. The fourth-order valence-electron chi connectivity index (χ4n) is 4.89. The Labute approximate surface area is 254 Å². The van der Waals surface area contributed by atoms with E-state index >= 15 is 0 Å². The van der Waals surface area contributed by atoms with Gasteiger partial charge in [0.1, 0.15) is 29.9 Å². The van der Waals surface area contributed by atoms with Gasteiger partial charge in [-0.15, -0.1) is 0 Å². The molecule has 0 radical (unpaired) electrons. The van der Waals surface area contributed by atoms with Gasteiger partial charge in [-0.05, 0) is 41.5 Å². The first kappa shape index (κ1) is 28.6. The van der Waals surface area contributed by atoms with Crippen molar-refractivity contribution in [2.45, 2.75) is 12.2 Å². The maximum absolute atomic E-state index is 13.2. The highest BCUT2D eigenvalue weighted by Gasteiger charge is 2.48. The van der Waals surface area contributed by atoms with Crippen molar-refractivity contribution in [1.29, 1.82) is 0 Å². The molecule has 0 saturated heterocycles. The van der Waals surface area contributed by atoms with E-state index in [9.17, 15) is 24.3 Å². The first-order valence-electron chi connectivity index (χ1n) is 13.3. The van der Waals surface area contributed by atoms with Crippen LogP contribution < -0.4 is 9.47 Å². The van der Waals surface area contributed by atoms with Crippen LogP contribution in [0.15, 0.2) is 90.5 Å². The Hall–Kier alpha value is -5.52. The summed E-state index contributed by atoms with van der Waals surface area (Å²) in [5, 5.41) is 11.8. The van der Waals surface area contributed by atoms with Crippen LogP contribution >= 0.6 is 11.7 Å². The summed E-state index contributed by atoms with van der Waals surface area (Å²) in [6.07, 6.45) is 2.46. The number of carbonyl (C=O) groups excluding carboxylic acids is 4. The second-order valence-corrected chi connectivity index (χ2v) is 10.4. The molecule has 0 saturated carbocycles. The Morgan fingerprint density at radius 2 is 1.36 bits per heavy atom. The van der Waals surface area contributed by atoms with Crippen molar-refractivity contribution in [2.24, 2.45) is 0 Å². The minimum atomic E-state index is -2.01. The lowest BCUT2D eigenvalue weighted by Gasteiger charge is -2.25. The molecule has 3 heterocycles. The van der Waals surface area contributed by atoms with Crippen LogP contribution in [0.25, 0.3) is 16.6 Å². The van der Waals surface area contributed by atoms with Gasteiger partial charge in [-0.2, -0.15) is 8.75 Å². The van der Waals surface area contributed by atoms with E-state index in [0.717, 1.165) is 36.2 Å². The maximum Gasteiger partial charge on any atom is 0.342 e. The first-order chi connectivity index (χ1) is 21.4. The van der Waals surface area contributed by atoms with Gasteiger partial charge < -0.3 is 19.3 Å². The molecule has 11 heteroatoms. The summed E-state index contributed by atoms with van der Waals surface area (Å²) in [5.74, 6) is -1.57. The van der Waals surface area contributed by atoms with Gasteiger partial charge >= 0.3 is 5.97 Å². The van der Waals surface area contributed by atoms with E-state index < -0.39 is 11.8 Å². The predicted octanol–water partition coefficient (Wildman–Crippen LogP) is 4.94. The van der Waals surface area contributed by atoms with Crippen LogP contribution in [0.5, 0.6) is 11.5 Å². The largest absolute Gasteiger partial charge is 0.454 e. The third-order valence-corrected chi connectivity index (χ3v) is 7.72. The number of aldehydes is 3. The standard InChI is InChI=1S/C25H16N2O6S.C8H6O2/c28-12-15-3-1-14(2-4-15)9-18-23(16-5-8-21-22(10-16)32-13-31-21)24(29)33-25(18,30)17-6-7-19-20(11-17)27-34-26-19;9-5-7-1-2-8(6-10)4-3-7/h1-8,10-12,30H,9,13H2;1-6H. The van der Waals surface area contributed by atoms with Crippen molar-refractivity contribution in [2.75, 3.05) is 6.79 Å². The summed E-state index contributed by atoms with van der Waals surface area (Å²) < 4.78 is 25.0. The number of benzene rings is 4. The van der Waals surface area contributed by atoms with Gasteiger partial charge in [0, 0.05) is 34.2 Å². The van der Waals surface area contributed by atoms with Gasteiger partial charge in [0.25, 0.3) is 5.79 Å². The summed E-state index contributed by atoms with van der Waals surface area (Å²) in [4.78, 5) is 44.5. The zero-order valence-corrected chi connectivity index (χ0v) is 23.7. The van der Waals surface area contributed by atoms with Crippen molar-refractivity contribution < 1.29 is 38.5 Å². The van der Waals surface area contributed by atoms with E-state index in [1.807, 2.05) is 0 Å². The molecule has 218 valence electrons. The molecule has 0 bridgehead atoms. The topological polar surface area (TPSA) is 142 Å². The Bertz CT molecular complexity index is 1910. The number of carbonyl (C=O) groups is 4. The smallest absolute Gasteiger partial charge is 0.342 e. The lowest BCUT2D eigenvalue weighted by molar-refractivity contribution is -0.185. The van der Waals surface area contributed by atoms with Crippen LogP contribution in [0.3, 0.4) is 0 Å². The molecule has 7 rings (SSSR count). The Balaban J connectivity index is 0.000000294. The monoisotopic (exact) mass is 606 g/mol. The fraction of sp³-hybridized carbons (Fsp3) is 0.0909. The van der Waals surface area contributed by atoms with Gasteiger partial charge in [-0.1, -0.05) is 54.6 Å². The number of rotatable bonds is 7.